The Morgan fingerprint density at radius 2 is 1.69 bits per heavy atom. The van der Waals surface area contributed by atoms with Crippen molar-refractivity contribution >= 4 is 16.6 Å². The van der Waals surface area contributed by atoms with Crippen molar-refractivity contribution in [3.05, 3.63) is 180 Å². The largest absolute Gasteiger partial charge is 0.338 e. The van der Waals surface area contributed by atoms with Crippen molar-refractivity contribution in [2.24, 2.45) is 5.92 Å². The molecule has 5 aromatic rings. The Morgan fingerprint density at radius 1 is 0.922 bits per heavy atom. The smallest absolute Gasteiger partial charge is 0.0998 e. The number of para-hydroxylation sites is 3. The molecule has 1 aliphatic heterocycles. The lowest BCUT2D eigenvalue weighted by Gasteiger charge is -2.45. The minimum absolute atomic E-state index is 0.115. The Kier molecular flexibility index (Phi) is 7.97. The summed E-state index contributed by atoms with van der Waals surface area (Å²) in [6.07, 6.45) is 15.2. The van der Waals surface area contributed by atoms with Crippen molar-refractivity contribution in [3.63, 3.8) is 0 Å². The molecular weight excluding hydrogens is 621 g/mol. The highest BCUT2D eigenvalue weighted by Crippen LogP contribution is 2.56. The van der Waals surface area contributed by atoms with Gasteiger partial charge in [0.15, 0.2) is 0 Å². The number of aromatic nitrogens is 1. The van der Waals surface area contributed by atoms with E-state index in [1.165, 1.54) is 39.2 Å². The van der Waals surface area contributed by atoms with Crippen molar-refractivity contribution < 1.29 is 0 Å². The third kappa shape index (κ3) is 5.19. The summed E-state index contributed by atoms with van der Waals surface area (Å²) in [6, 6.07) is 37.0. The molecule has 51 heavy (non-hydrogen) atoms. The second kappa shape index (κ2) is 12.7. The lowest BCUT2D eigenvalue weighted by Crippen LogP contribution is -2.48. The lowest BCUT2D eigenvalue weighted by atomic mass is 9.73. The van der Waals surface area contributed by atoms with Gasteiger partial charge in [-0.15, -0.1) is 0 Å². The molecule has 4 aromatic carbocycles. The Hall–Kier alpha value is -6.10. The van der Waals surface area contributed by atoms with Gasteiger partial charge in [0.2, 0.25) is 0 Å². The van der Waals surface area contributed by atoms with Gasteiger partial charge >= 0.3 is 0 Å². The second-order valence-electron chi connectivity index (χ2n) is 14.3. The summed E-state index contributed by atoms with van der Waals surface area (Å²) in [5, 5.41) is 21.6. The van der Waals surface area contributed by atoms with Crippen LogP contribution in [0, 0.1) is 35.5 Å². The number of benzene rings is 4. The molecule has 248 valence electrons. The molecule has 1 aromatic heterocycles. The second-order valence-corrected chi connectivity index (χ2v) is 14.3. The topological polar surface area (TPSA) is 55.8 Å². The fraction of sp³-hybridized carbons (Fsp3) is 0.191. The zero-order valence-electron chi connectivity index (χ0n) is 29.2. The summed E-state index contributed by atoms with van der Waals surface area (Å²) in [7, 11) is 0. The summed E-state index contributed by atoms with van der Waals surface area (Å²) in [4.78, 5) is 2.52. The highest BCUT2D eigenvalue weighted by molar-refractivity contribution is 5.90. The normalized spacial score (nSPS) is 21.8. The van der Waals surface area contributed by atoms with Gasteiger partial charge < -0.3 is 9.47 Å². The van der Waals surface area contributed by atoms with E-state index in [0.717, 1.165) is 40.7 Å². The van der Waals surface area contributed by atoms with Gasteiger partial charge in [0.05, 0.1) is 40.4 Å². The molecule has 4 unspecified atom stereocenters. The highest BCUT2D eigenvalue weighted by atomic mass is 15.2. The third-order valence-electron chi connectivity index (χ3n) is 11.3. The van der Waals surface area contributed by atoms with Crippen LogP contribution in [-0.2, 0) is 6.42 Å². The molecule has 8 rings (SSSR count). The van der Waals surface area contributed by atoms with Gasteiger partial charge in [-0.3, -0.25) is 0 Å². The molecule has 3 aliphatic rings. The molecule has 2 aliphatic carbocycles. The Labute approximate surface area is 300 Å². The van der Waals surface area contributed by atoms with Gasteiger partial charge in [0, 0.05) is 51.8 Å². The van der Waals surface area contributed by atoms with Crippen LogP contribution in [0.25, 0.3) is 27.7 Å². The summed E-state index contributed by atoms with van der Waals surface area (Å²) < 4.78 is 2.35. The van der Waals surface area contributed by atoms with Gasteiger partial charge in [-0.05, 0) is 85.4 Å². The van der Waals surface area contributed by atoms with Crippen LogP contribution in [0.5, 0.6) is 0 Å². The van der Waals surface area contributed by atoms with Crippen molar-refractivity contribution in [3.8, 4) is 29.0 Å². The van der Waals surface area contributed by atoms with Gasteiger partial charge in [-0.1, -0.05) is 104 Å². The van der Waals surface area contributed by atoms with Crippen molar-refractivity contribution in [2.75, 3.05) is 4.90 Å². The quantitative estimate of drug-likeness (QED) is 0.129. The molecule has 4 heteroatoms. The average Bonchev–Trinajstić information content (AvgIpc) is 3.60. The van der Waals surface area contributed by atoms with E-state index in [-0.39, 0.29) is 23.3 Å². The summed E-state index contributed by atoms with van der Waals surface area (Å²) in [5.74, 6) is 0.227. The lowest BCUT2D eigenvalue weighted by molar-refractivity contribution is 0.357. The van der Waals surface area contributed by atoms with Crippen LogP contribution in [0.2, 0.25) is 0 Å². The first-order valence-corrected chi connectivity index (χ1v) is 17.7. The van der Waals surface area contributed by atoms with E-state index < -0.39 is 0 Å². The minimum atomic E-state index is -0.235. The fourth-order valence-corrected chi connectivity index (χ4v) is 8.86. The fourth-order valence-electron chi connectivity index (χ4n) is 8.86. The molecule has 0 bridgehead atoms. The van der Waals surface area contributed by atoms with Crippen LogP contribution in [0.3, 0.4) is 0 Å². The van der Waals surface area contributed by atoms with E-state index in [1.54, 1.807) is 0 Å². The van der Waals surface area contributed by atoms with E-state index in [9.17, 15) is 10.5 Å². The molecular formula is C47H40N4. The van der Waals surface area contributed by atoms with Crippen molar-refractivity contribution in [1.29, 1.82) is 10.5 Å². The molecule has 0 N–H and O–H groups in total. The van der Waals surface area contributed by atoms with Gasteiger partial charge in [-0.25, -0.2) is 0 Å². The van der Waals surface area contributed by atoms with Crippen LogP contribution in [0.4, 0.5) is 5.69 Å². The first kappa shape index (κ1) is 32.1. The summed E-state index contributed by atoms with van der Waals surface area (Å²) in [5.41, 5.74) is 12.8. The van der Waals surface area contributed by atoms with Crippen LogP contribution >= 0.6 is 0 Å². The van der Waals surface area contributed by atoms with Crippen molar-refractivity contribution in [2.45, 2.75) is 50.5 Å². The van der Waals surface area contributed by atoms with Gasteiger partial charge in [-0.2, -0.15) is 10.5 Å². The minimum Gasteiger partial charge on any atom is -0.338 e. The van der Waals surface area contributed by atoms with E-state index in [2.05, 4.69) is 164 Å². The van der Waals surface area contributed by atoms with Crippen LogP contribution in [0.15, 0.2) is 152 Å². The molecule has 0 amide bonds. The third-order valence-corrected chi connectivity index (χ3v) is 11.3. The number of hydrogen-bond donors (Lipinski definition) is 0. The molecule has 0 saturated carbocycles. The zero-order chi connectivity index (χ0) is 35.3. The number of fused-ring (bicyclic) bond motifs is 4. The van der Waals surface area contributed by atoms with E-state index in [1.807, 2.05) is 12.1 Å². The van der Waals surface area contributed by atoms with Gasteiger partial charge in [0.25, 0.3) is 0 Å². The predicted octanol–water partition coefficient (Wildman–Crippen LogP) is 11.2. The summed E-state index contributed by atoms with van der Waals surface area (Å²) >= 11 is 0. The van der Waals surface area contributed by atoms with E-state index in [0.29, 0.717) is 12.0 Å². The molecule has 4 atom stereocenters. The van der Waals surface area contributed by atoms with Crippen LogP contribution < -0.4 is 4.90 Å². The molecule has 0 spiro atoms. The maximum atomic E-state index is 10.4. The van der Waals surface area contributed by atoms with Crippen LogP contribution in [0.1, 0.15) is 59.5 Å². The first-order chi connectivity index (χ1) is 24.9. The maximum absolute atomic E-state index is 10.4. The molecule has 0 radical (unpaired) electrons. The number of nitrogens with zero attached hydrogens (tertiary/aromatic N) is 4. The first-order valence-electron chi connectivity index (χ1n) is 17.7. The molecule has 2 heterocycles. The average molecular weight is 661 g/mol. The molecule has 0 fully saturated rings. The summed E-state index contributed by atoms with van der Waals surface area (Å²) in [6.45, 7) is 12.7. The number of aryl methyl sites for hydroxylation is 1. The van der Waals surface area contributed by atoms with Crippen molar-refractivity contribution in [1.82, 2.24) is 4.57 Å². The number of hydrogen-bond acceptors (Lipinski definition) is 3. The predicted molar refractivity (Wildman–Crippen MR) is 209 cm³/mol. The number of anilines is 1. The number of nitriles is 2. The standard InChI is InChI=1S/C47H40N4/c1-5-31(2)25-46-32(3)38-15-6-9-18-43(38)50(46)44-19-10-7-16-39(44)41-27-35(22-23-36(41)30-49)34-13-12-14-37(26-34)51-45-20-11-8-17-40(45)42-24-21-33(29-48)28-47(42,51)4/h5-24,27,33-34,42H,1-2,25-26,28H2,3-4H3. The Bertz CT molecular complexity index is 2420. The Morgan fingerprint density at radius 3 is 2.49 bits per heavy atom. The Balaban J connectivity index is 1.21. The SMILES string of the molecule is C=CC(=C)Cc1c(C)c2ccccc2n1-c1ccccc1-c1cc(C2C=CC=C(N3c4ccccc4C4C=CC(C#N)CC43C)C2)ccc1C#N. The monoisotopic (exact) mass is 660 g/mol. The maximum Gasteiger partial charge on any atom is 0.0998 e. The highest BCUT2D eigenvalue weighted by Gasteiger charge is 2.50. The number of allylic oxidation sites excluding steroid dienone is 7. The van der Waals surface area contributed by atoms with Gasteiger partial charge in [0.1, 0.15) is 0 Å². The zero-order valence-corrected chi connectivity index (χ0v) is 29.2. The molecule has 4 nitrogen and oxygen atoms in total. The van der Waals surface area contributed by atoms with E-state index >= 15 is 0 Å². The van der Waals surface area contributed by atoms with E-state index in [4.69, 9.17) is 0 Å². The molecule has 0 saturated heterocycles. The number of rotatable bonds is 7. The van der Waals surface area contributed by atoms with Crippen LogP contribution in [-0.4, -0.2) is 10.1 Å².